The summed E-state index contributed by atoms with van der Waals surface area (Å²) < 4.78 is 39.2. The molecule has 0 atom stereocenters. The molecular formula is C11H13FN2O4S. The standard InChI is InChI=1S/C11H13FN2O4S/c1-8(2)6-7-13-19(17,18)10-5-3-4-9(12)11(10)14(15)16/h3-6,13H,7H2,1-2H3. The summed E-state index contributed by atoms with van der Waals surface area (Å²) in [5, 5.41) is 10.7. The first-order valence-electron chi connectivity index (χ1n) is 5.31. The molecule has 0 saturated carbocycles. The van der Waals surface area contributed by atoms with Crippen LogP contribution in [0, 0.1) is 15.9 Å². The van der Waals surface area contributed by atoms with Crippen molar-refractivity contribution in [3.63, 3.8) is 0 Å². The molecule has 1 N–H and O–H groups in total. The first-order valence-corrected chi connectivity index (χ1v) is 6.80. The maximum Gasteiger partial charge on any atom is 0.324 e. The second-order valence-electron chi connectivity index (χ2n) is 3.98. The molecular weight excluding hydrogens is 275 g/mol. The molecule has 0 saturated heterocycles. The lowest BCUT2D eigenvalue weighted by Crippen LogP contribution is -2.25. The Hall–Kier alpha value is -1.80. The molecule has 19 heavy (non-hydrogen) atoms. The summed E-state index contributed by atoms with van der Waals surface area (Å²) in [4.78, 5) is 9.00. The van der Waals surface area contributed by atoms with Gasteiger partial charge in [0.2, 0.25) is 15.8 Å². The highest BCUT2D eigenvalue weighted by molar-refractivity contribution is 7.89. The first kappa shape index (κ1) is 15.3. The van der Waals surface area contributed by atoms with Crippen molar-refractivity contribution in [3.8, 4) is 0 Å². The number of sulfonamides is 1. The highest BCUT2D eigenvalue weighted by Gasteiger charge is 2.28. The van der Waals surface area contributed by atoms with Crippen LogP contribution in [0.15, 0.2) is 34.7 Å². The molecule has 0 aromatic heterocycles. The molecule has 0 heterocycles. The van der Waals surface area contributed by atoms with Gasteiger partial charge >= 0.3 is 5.69 Å². The molecule has 0 radical (unpaired) electrons. The van der Waals surface area contributed by atoms with Gasteiger partial charge in [0.05, 0.1) is 4.92 Å². The fourth-order valence-electron chi connectivity index (χ4n) is 1.32. The lowest BCUT2D eigenvalue weighted by atomic mass is 10.3. The van der Waals surface area contributed by atoms with Gasteiger partial charge in [-0.25, -0.2) is 13.1 Å². The second kappa shape index (κ2) is 5.89. The zero-order valence-corrected chi connectivity index (χ0v) is 11.2. The highest BCUT2D eigenvalue weighted by atomic mass is 32.2. The topological polar surface area (TPSA) is 89.3 Å². The third-order valence-corrected chi connectivity index (χ3v) is 3.66. The molecule has 0 aliphatic rings. The summed E-state index contributed by atoms with van der Waals surface area (Å²) in [7, 11) is -4.13. The van der Waals surface area contributed by atoms with Gasteiger partial charge in [-0.1, -0.05) is 17.7 Å². The van der Waals surface area contributed by atoms with Crippen molar-refractivity contribution in [3.05, 3.63) is 45.8 Å². The number of allylic oxidation sites excluding steroid dienone is 1. The zero-order chi connectivity index (χ0) is 14.6. The van der Waals surface area contributed by atoms with E-state index in [2.05, 4.69) is 4.72 Å². The minimum Gasteiger partial charge on any atom is -0.258 e. The minimum absolute atomic E-state index is 0.0155. The third-order valence-electron chi connectivity index (χ3n) is 2.21. The average Bonchev–Trinajstić information content (AvgIpc) is 2.27. The summed E-state index contributed by atoms with van der Waals surface area (Å²) in [5.74, 6) is -1.19. The Labute approximate surface area is 110 Å². The van der Waals surface area contributed by atoms with Crippen LogP contribution in [0.4, 0.5) is 10.1 Å². The summed E-state index contributed by atoms with van der Waals surface area (Å²) >= 11 is 0. The van der Waals surface area contributed by atoms with E-state index < -0.39 is 31.3 Å². The number of nitrogens with one attached hydrogen (secondary N) is 1. The van der Waals surface area contributed by atoms with E-state index in [1.54, 1.807) is 19.9 Å². The predicted molar refractivity (Wildman–Crippen MR) is 67.7 cm³/mol. The van der Waals surface area contributed by atoms with E-state index in [0.717, 1.165) is 23.8 Å². The monoisotopic (exact) mass is 288 g/mol. The molecule has 0 bridgehead atoms. The molecule has 1 aromatic rings. The first-order chi connectivity index (χ1) is 8.75. The van der Waals surface area contributed by atoms with Gasteiger partial charge < -0.3 is 0 Å². The van der Waals surface area contributed by atoms with Gasteiger partial charge in [0.15, 0.2) is 4.90 Å². The van der Waals surface area contributed by atoms with Gasteiger partial charge in [0.1, 0.15) is 0 Å². The normalized spacial score (nSPS) is 11.1. The number of nitro benzene ring substituents is 1. The fraction of sp³-hybridized carbons (Fsp3) is 0.273. The van der Waals surface area contributed by atoms with E-state index in [-0.39, 0.29) is 6.54 Å². The SMILES string of the molecule is CC(C)=CCNS(=O)(=O)c1cccc(F)c1[N+](=O)[O-]. The van der Waals surface area contributed by atoms with Gasteiger partial charge in [-0.05, 0) is 26.0 Å². The Morgan fingerprint density at radius 3 is 2.63 bits per heavy atom. The summed E-state index contributed by atoms with van der Waals surface area (Å²) in [5.41, 5.74) is -0.163. The van der Waals surface area contributed by atoms with Crippen LogP contribution >= 0.6 is 0 Å². The van der Waals surface area contributed by atoms with Crippen molar-refractivity contribution in [2.45, 2.75) is 18.7 Å². The number of benzene rings is 1. The Morgan fingerprint density at radius 2 is 2.11 bits per heavy atom. The Balaban J connectivity index is 3.19. The number of nitrogens with zero attached hydrogens (tertiary/aromatic N) is 1. The number of halogens is 1. The van der Waals surface area contributed by atoms with E-state index in [1.165, 1.54) is 0 Å². The molecule has 1 aromatic carbocycles. The van der Waals surface area contributed by atoms with Gasteiger partial charge in [-0.3, -0.25) is 10.1 Å². The van der Waals surface area contributed by atoms with Crippen LogP contribution in [0.5, 0.6) is 0 Å². The number of rotatable bonds is 5. The lowest BCUT2D eigenvalue weighted by Gasteiger charge is -2.06. The van der Waals surface area contributed by atoms with E-state index >= 15 is 0 Å². The van der Waals surface area contributed by atoms with Crippen LogP contribution in [0.2, 0.25) is 0 Å². The fourth-order valence-corrected chi connectivity index (χ4v) is 2.47. The summed E-state index contributed by atoms with van der Waals surface area (Å²) in [6.07, 6.45) is 1.60. The van der Waals surface area contributed by atoms with Crippen LogP contribution in [0.1, 0.15) is 13.8 Å². The molecule has 104 valence electrons. The Kier molecular flexibility index (Phi) is 4.73. The number of nitro groups is 1. The van der Waals surface area contributed by atoms with E-state index in [1.807, 2.05) is 0 Å². The largest absolute Gasteiger partial charge is 0.324 e. The average molecular weight is 288 g/mol. The van der Waals surface area contributed by atoms with Crippen molar-refractivity contribution < 1.29 is 17.7 Å². The quantitative estimate of drug-likeness (QED) is 0.509. The smallest absolute Gasteiger partial charge is 0.258 e. The molecule has 0 amide bonds. The van der Waals surface area contributed by atoms with Crippen LogP contribution in [-0.2, 0) is 10.0 Å². The Morgan fingerprint density at radius 1 is 1.47 bits per heavy atom. The van der Waals surface area contributed by atoms with E-state index in [9.17, 15) is 22.9 Å². The van der Waals surface area contributed by atoms with Gasteiger partial charge in [-0.2, -0.15) is 4.39 Å². The maximum atomic E-state index is 13.3. The lowest BCUT2D eigenvalue weighted by molar-refractivity contribution is -0.390. The van der Waals surface area contributed by atoms with E-state index in [4.69, 9.17) is 0 Å². The highest BCUT2D eigenvalue weighted by Crippen LogP contribution is 2.26. The molecule has 0 unspecified atom stereocenters. The molecule has 1 rings (SSSR count). The number of hydrogen-bond donors (Lipinski definition) is 1. The van der Waals surface area contributed by atoms with Crippen LogP contribution in [0.25, 0.3) is 0 Å². The number of hydrogen-bond acceptors (Lipinski definition) is 4. The van der Waals surface area contributed by atoms with Crippen molar-refractivity contribution in [2.24, 2.45) is 0 Å². The maximum absolute atomic E-state index is 13.3. The minimum atomic E-state index is -4.13. The third kappa shape index (κ3) is 3.83. The summed E-state index contributed by atoms with van der Waals surface area (Å²) in [6, 6.07) is 2.94. The van der Waals surface area contributed by atoms with Gasteiger partial charge in [-0.15, -0.1) is 0 Å². The molecule has 0 fully saturated rings. The van der Waals surface area contributed by atoms with Gasteiger partial charge in [0.25, 0.3) is 0 Å². The zero-order valence-electron chi connectivity index (χ0n) is 10.4. The van der Waals surface area contributed by atoms with Crippen LogP contribution in [0.3, 0.4) is 0 Å². The molecule has 0 aliphatic carbocycles. The van der Waals surface area contributed by atoms with Gasteiger partial charge in [0, 0.05) is 6.54 Å². The second-order valence-corrected chi connectivity index (χ2v) is 5.71. The van der Waals surface area contributed by atoms with Crippen molar-refractivity contribution in [1.82, 2.24) is 4.72 Å². The van der Waals surface area contributed by atoms with Crippen molar-refractivity contribution >= 4 is 15.7 Å². The van der Waals surface area contributed by atoms with E-state index in [0.29, 0.717) is 0 Å². The molecule has 6 nitrogen and oxygen atoms in total. The Bertz CT molecular complexity index is 622. The van der Waals surface area contributed by atoms with Crippen molar-refractivity contribution in [1.29, 1.82) is 0 Å². The summed E-state index contributed by atoms with van der Waals surface area (Å²) in [6.45, 7) is 3.54. The number of para-hydroxylation sites is 1. The van der Waals surface area contributed by atoms with Crippen molar-refractivity contribution in [2.75, 3.05) is 6.54 Å². The molecule has 8 heteroatoms. The van der Waals surface area contributed by atoms with Crippen LogP contribution in [-0.4, -0.2) is 19.9 Å². The molecule has 0 spiro atoms. The molecule has 0 aliphatic heterocycles. The predicted octanol–water partition coefficient (Wildman–Crippen LogP) is 1.98. The van der Waals surface area contributed by atoms with Crippen LogP contribution < -0.4 is 4.72 Å².